The van der Waals surface area contributed by atoms with Gasteiger partial charge in [0.15, 0.2) is 0 Å². The highest BCUT2D eigenvalue weighted by molar-refractivity contribution is 9.10. The lowest BCUT2D eigenvalue weighted by molar-refractivity contribution is 1.15. The second-order valence-electron chi connectivity index (χ2n) is 4.40. The molecule has 0 bridgehead atoms. The third-order valence-corrected chi connectivity index (χ3v) is 4.31. The van der Waals surface area contributed by atoms with Crippen LogP contribution in [0.15, 0.2) is 46.9 Å². The zero-order valence-electron chi connectivity index (χ0n) is 10.5. The molecule has 0 saturated carbocycles. The average molecular weight is 333 g/mol. The van der Waals surface area contributed by atoms with Gasteiger partial charge < -0.3 is 5.32 Å². The molecule has 0 spiro atoms. The second kappa shape index (κ2) is 5.31. The van der Waals surface area contributed by atoms with Crippen LogP contribution in [0.2, 0.25) is 0 Å². The Kier molecular flexibility index (Phi) is 3.53. The minimum absolute atomic E-state index is 0.822. The number of aryl methyl sites for hydroxylation is 1. The number of nitrogens with zero attached hydrogens (tertiary/aromatic N) is 1. The number of aromatic nitrogens is 1. The van der Waals surface area contributed by atoms with Crippen molar-refractivity contribution in [1.82, 2.24) is 4.98 Å². The summed E-state index contributed by atoms with van der Waals surface area (Å²) in [4.78, 5) is 4.47. The molecule has 1 N–H and O–H groups in total. The zero-order valence-corrected chi connectivity index (χ0v) is 12.9. The molecule has 0 aliphatic heterocycles. The maximum atomic E-state index is 4.47. The number of hydrogen-bond donors (Lipinski definition) is 1. The Morgan fingerprint density at radius 2 is 2.11 bits per heavy atom. The topological polar surface area (TPSA) is 24.9 Å². The minimum atomic E-state index is 0.822. The molecule has 4 heteroatoms. The first kappa shape index (κ1) is 12.6. The molecular weight excluding hydrogens is 320 g/mol. The van der Waals surface area contributed by atoms with Gasteiger partial charge in [0.2, 0.25) is 0 Å². The van der Waals surface area contributed by atoms with Crippen molar-refractivity contribution in [3.8, 4) is 0 Å². The number of thiazole rings is 1. The number of rotatable bonds is 3. The van der Waals surface area contributed by atoms with Gasteiger partial charge in [-0.1, -0.05) is 28.1 Å². The summed E-state index contributed by atoms with van der Waals surface area (Å²) in [6, 6.07) is 14.7. The van der Waals surface area contributed by atoms with E-state index < -0.39 is 0 Å². The molecule has 0 fully saturated rings. The number of fused-ring (bicyclic) bond motifs is 1. The van der Waals surface area contributed by atoms with Gasteiger partial charge in [0.1, 0.15) is 0 Å². The lowest BCUT2D eigenvalue weighted by Crippen LogP contribution is -1.98. The van der Waals surface area contributed by atoms with E-state index in [1.807, 2.05) is 13.0 Å². The van der Waals surface area contributed by atoms with Crippen LogP contribution in [0.3, 0.4) is 0 Å². The van der Waals surface area contributed by atoms with E-state index in [1.165, 1.54) is 10.3 Å². The summed E-state index contributed by atoms with van der Waals surface area (Å²) in [5, 5.41) is 4.56. The smallest absolute Gasteiger partial charge is 0.0907 e. The Morgan fingerprint density at radius 3 is 2.95 bits per heavy atom. The summed E-state index contributed by atoms with van der Waals surface area (Å²) in [5.74, 6) is 0. The van der Waals surface area contributed by atoms with Crippen LogP contribution < -0.4 is 5.32 Å². The Labute approximate surface area is 124 Å². The monoisotopic (exact) mass is 332 g/mol. The Hall–Kier alpha value is -1.39. The maximum Gasteiger partial charge on any atom is 0.0907 e. The van der Waals surface area contributed by atoms with E-state index in [1.54, 1.807) is 11.3 Å². The quantitative estimate of drug-likeness (QED) is 0.731. The Morgan fingerprint density at radius 1 is 1.21 bits per heavy atom. The molecule has 1 heterocycles. The van der Waals surface area contributed by atoms with Crippen molar-refractivity contribution in [2.45, 2.75) is 13.5 Å². The third kappa shape index (κ3) is 2.96. The minimum Gasteiger partial charge on any atom is -0.381 e. The third-order valence-electron chi connectivity index (χ3n) is 2.88. The average Bonchev–Trinajstić information content (AvgIpc) is 2.75. The molecule has 0 aliphatic rings. The van der Waals surface area contributed by atoms with Crippen molar-refractivity contribution in [2.24, 2.45) is 0 Å². The standard InChI is InChI=1S/C15H13BrN2S/c1-10-18-14-6-5-13(8-15(14)19-10)17-9-11-3-2-4-12(16)7-11/h2-8,17H,9H2,1H3. The molecule has 2 aromatic carbocycles. The molecule has 0 unspecified atom stereocenters. The predicted molar refractivity (Wildman–Crippen MR) is 85.8 cm³/mol. The van der Waals surface area contributed by atoms with E-state index in [4.69, 9.17) is 0 Å². The highest BCUT2D eigenvalue weighted by Crippen LogP contribution is 2.25. The number of benzene rings is 2. The van der Waals surface area contributed by atoms with Gasteiger partial charge in [-0.2, -0.15) is 0 Å². The highest BCUT2D eigenvalue weighted by Gasteiger charge is 2.01. The summed E-state index contributed by atoms with van der Waals surface area (Å²) in [7, 11) is 0. The van der Waals surface area contributed by atoms with Crippen molar-refractivity contribution in [2.75, 3.05) is 5.32 Å². The van der Waals surface area contributed by atoms with E-state index in [9.17, 15) is 0 Å². The largest absolute Gasteiger partial charge is 0.381 e. The molecule has 0 radical (unpaired) electrons. The number of halogens is 1. The number of nitrogens with one attached hydrogen (secondary N) is 1. The normalized spacial score (nSPS) is 10.8. The summed E-state index contributed by atoms with van der Waals surface area (Å²) >= 11 is 5.22. The lowest BCUT2D eigenvalue weighted by Gasteiger charge is -2.06. The van der Waals surface area contributed by atoms with E-state index >= 15 is 0 Å². The summed E-state index contributed by atoms with van der Waals surface area (Å²) in [5.41, 5.74) is 3.47. The van der Waals surface area contributed by atoms with Crippen LogP contribution >= 0.6 is 27.3 Å². The van der Waals surface area contributed by atoms with E-state index in [-0.39, 0.29) is 0 Å². The predicted octanol–water partition coefficient (Wildman–Crippen LogP) is 4.98. The first-order valence-electron chi connectivity index (χ1n) is 6.06. The van der Waals surface area contributed by atoms with Gasteiger partial charge >= 0.3 is 0 Å². The van der Waals surface area contributed by atoms with Gasteiger partial charge in [0.05, 0.1) is 15.2 Å². The van der Waals surface area contributed by atoms with Crippen LogP contribution in [0.5, 0.6) is 0 Å². The van der Waals surface area contributed by atoms with Crippen molar-refractivity contribution in [3.63, 3.8) is 0 Å². The van der Waals surface area contributed by atoms with Crippen LogP contribution in [0.1, 0.15) is 10.6 Å². The van der Waals surface area contributed by atoms with Crippen LogP contribution in [0.4, 0.5) is 5.69 Å². The molecule has 19 heavy (non-hydrogen) atoms. The molecular formula is C15H13BrN2S. The lowest BCUT2D eigenvalue weighted by atomic mass is 10.2. The molecule has 0 amide bonds. The van der Waals surface area contributed by atoms with Crippen LogP contribution in [0, 0.1) is 6.92 Å². The Bertz CT molecular complexity index is 721. The van der Waals surface area contributed by atoms with Crippen molar-refractivity contribution >= 4 is 43.2 Å². The molecule has 96 valence electrons. The van der Waals surface area contributed by atoms with Crippen LogP contribution in [-0.2, 0) is 6.54 Å². The second-order valence-corrected chi connectivity index (χ2v) is 6.55. The molecule has 0 atom stereocenters. The molecule has 0 aliphatic carbocycles. The van der Waals surface area contributed by atoms with E-state index in [0.717, 1.165) is 27.2 Å². The fourth-order valence-electron chi connectivity index (χ4n) is 2.00. The van der Waals surface area contributed by atoms with Gasteiger partial charge in [0.25, 0.3) is 0 Å². The SMILES string of the molecule is Cc1nc2ccc(NCc3cccc(Br)c3)cc2s1. The molecule has 3 aromatic rings. The van der Waals surface area contributed by atoms with Gasteiger partial charge in [-0.3, -0.25) is 0 Å². The van der Waals surface area contributed by atoms with Crippen LogP contribution in [0.25, 0.3) is 10.2 Å². The molecule has 1 aromatic heterocycles. The summed E-state index contributed by atoms with van der Waals surface area (Å²) in [6.45, 7) is 2.86. The fraction of sp³-hybridized carbons (Fsp3) is 0.133. The van der Waals surface area contributed by atoms with Gasteiger partial charge in [-0.05, 0) is 42.8 Å². The molecule has 0 saturated heterocycles. The van der Waals surface area contributed by atoms with Gasteiger partial charge in [-0.25, -0.2) is 4.98 Å². The highest BCUT2D eigenvalue weighted by atomic mass is 79.9. The first-order valence-corrected chi connectivity index (χ1v) is 7.67. The first-order chi connectivity index (χ1) is 9.20. The Balaban J connectivity index is 1.78. The van der Waals surface area contributed by atoms with Gasteiger partial charge in [0, 0.05) is 16.7 Å². The van der Waals surface area contributed by atoms with Gasteiger partial charge in [-0.15, -0.1) is 11.3 Å². The maximum absolute atomic E-state index is 4.47. The van der Waals surface area contributed by atoms with E-state index in [0.29, 0.717) is 0 Å². The van der Waals surface area contributed by atoms with Crippen molar-refractivity contribution in [3.05, 3.63) is 57.5 Å². The van der Waals surface area contributed by atoms with Crippen molar-refractivity contribution < 1.29 is 0 Å². The van der Waals surface area contributed by atoms with Crippen molar-refractivity contribution in [1.29, 1.82) is 0 Å². The molecule has 3 rings (SSSR count). The zero-order chi connectivity index (χ0) is 13.2. The molecule has 2 nitrogen and oxygen atoms in total. The number of hydrogen-bond acceptors (Lipinski definition) is 3. The number of anilines is 1. The summed E-state index contributed by atoms with van der Waals surface area (Å²) in [6.07, 6.45) is 0. The fourth-order valence-corrected chi connectivity index (χ4v) is 3.31. The van der Waals surface area contributed by atoms with E-state index in [2.05, 4.69) is 62.6 Å². The van der Waals surface area contributed by atoms with Crippen LogP contribution in [-0.4, -0.2) is 4.98 Å². The summed E-state index contributed by atoms with van der Waals surface area (Å²) < 4.78 is 2.34.